The minimum atomic E-state index is -0.481. The average Bonchev–Trinajstić information content (AvgIpc) is 2.44. The van der Waals surface area contributed by atoms with Gasteiger partial charge in [-0.05, 0) is 36.2 Å². The van der Waals surface area contributed by atoms with Crippen LogP contribution in [0, 0.1) is 28.9 Å². The van der Waals surface area contributed by atoms with Gasteiger partial charge in [-0.3, -0.25) is 10.1 Å². The fraction of sp³-hybridized carbons (Fsp3) is 0.0588. The molecule has 0 saturated heterocycles. The van der Waals surface area contributed by atoms with Crippen LogP contribution >= 0.6 is 0 Å². The molecule has 0 aliphatic heterocycles. The molecule has 0 aromatic heterocycles. The summed E-state index contributed by atoms with van der Waals surface area (Å²) >= 11 is 0. The van der Waals surface area contributed by atoms with Crippen LogP contribution in [0.3, 0.4) is 0 Å². The molecule has 2 rings (SSSR count). The van der Waals surface area contributed by atoms with Crippen molar-refractivity contribution in [3.8, 4) is 11.8 Å². The van der Waals surface area contributed by atoms with Crippen LogP contribution in [0.5, 0.6) is 0 Å². The Morgan fingerprint density at radius 2 is 1.90 bits per heavy atom. The van der Waals surface area contributed by atoms with Gasteiger partial charge in [0.05, 0.1) is 4.92 Å². The van der Waals surface area contributed by atoms with E-state index in [-0.39, 0.29) is 0 Å². The van der Waals surface area contributed by atoms with Crippen LogP contribution in [-0.2, 0) is 0 Å². The van der Waals surface area contributed by atoms with Gasteiger partial charge in [-0.15, -0.1) is 0 Å². The van der Waals surface area contributed by atoms with Gasteiger partial charge in [0.2, 0.25) is 6.20 Å². The second-order valence-corrected chi connectivity index (χ2v) is 4.31. The summed E-state index contributed by atoms with van der Waals surface area (Å²) < 4.78 is 0. The van der Waals surface area contributed by atoms with Crippen molar-refractivity contribution >= 4 is 6.08 Å². The lowest BCUT2D eigenvalue weighted by Gasteiger charge is -1.97. The van der Waals surface area contributed by atoms with Gasteiger partial charge >= 0.3 is 0 Å². The third-order valence-electron chi connectivity index (χ3n) is 2.70. The van der Waals surface area contributed by atoms with Crippen LogP contribution in [0.15, 0.2) is 54.7 Å². The van der Waals surface area contributed by atoms with E-state index in [0.717, 1.165) is 28.5 Å². The number of aryl methyl sites for hydroxylation is 1. The summed E-state index contributed by atoms with van der Waals surface area (Å²) in [5.74, 6) is 6.13. The molecule has 2 aromatic carbocycles. The molecule has 0 spiro atoms. The fourth-order valence-corrected chi connectivity index (χ4v) is 1.76. The quantitative estimate of drug-likeness (QED) is 0.471. The summed E-state index contributed by atoms with van der Waals surface area (Å²) in [4.78, 5) is 9.90. The largest absolute Gasteiger partial charge is 0.259 e. The maximum absolute atomic E-state index is 10.4. The van der Waals surface area contributed by atoms with Crippen molar-refractivity contribution in [2.75, 3.05) is 0 Å². The molecule has 0 unspecified atom stereocenters. The zero-order valence-electron chi connectivity index (χ0n) is 11.0. The van der Waals surface area contributed by atoms with Crippen LogP contribution in [0.25, 0.3) is 6.08 Å². The van der Waals surface area contributed by atoms with Crippen molar-refractivity contribution in [1.82, 2.24) is 0 Å². The van der Waals surface area contributed by atoms with Crippen LogP contribution < -0.4 is 0 Å². The van der Waals surface area contributed by atoms with Crippen molar-refractivity contribution in [2.45, 2.75) is 6.92 Å². The molecule has 0 fully saturated rings. The Hall–Kier alpha value is -2.86. The first-order valence-corrected chi connectivity index (χ1v) is 6.14. The number of hydrogen-bond acceptors (Lipinski definition) is 2. The number of benzene rings is 2. The van der Waals surface area contributed by atoms with E-state index in [1.54, 1.807) is 6.07 Å². The molecule has 20 heavy (non-hydrogen) atoms. The Bertz CT molecular complexity index is 721. The van der Waals surface area contributed by atoms with Gasteiger partial charge in [-0.25, -0.2) is 0 Å². The highest BCUT2D eigenvalue weighted by atomic mass is 16.6. The summed E-state index contributed by atoms with van der Waals surface area (Å²) in [6.45, 7) is 2.01. The predicted octanol–water partition coefficient (Wildman–Crippen LogP) is 3.64. The van der Waals surface area contributed by atoms with Gasteiger partial charge in [0.25, 0.3) is 0 Å². The van der Waals surface area contributed by atoms with E-state index in [1.165, 1.54) is 6.08 Å². The Kier molecular flexibility index (Phi) is 4.31. The van der Waals surface area contributed by atoms with E-state index in [0.29, 0.717) is 0 Å². The molecule has 0 aliphatic carbocycles. The second kappa shape index (κ2) is 6.35. The zero-order chi connectivity index (χ0) is 14.4. The van der Waals surface area contributed by atoms with Gasteiger partial charge in [0.1, 0.15) is 0 Å². The fourth-order valence-electron chi connectivity index (χ4n) is 1.76. The molecule has 98 valence electrons. The SMILES string of the molecule is Cc1cccc(C#Cc2ccccc2/C=C/[N+](=O)[O-])c1. The lowest BCUT2D eigenvalue weighted by Crippen LogP contribution is -1.85. The smallest absolute Gasteiger partial charge is 0.235 e. The number of nitro groups is 1. The van der Waals surface area contributed by atoms with Gasteiger partial charge in [-0.1, -0.05) is 42.2 Å². The molecule has 2 aromatic rings. The van der Waals surface area contributed by atoms with Crippen molar-refractivity contribution in [3.05, 3.63) is 87.1 Å². The molecule has 0 radical (unpaired) electrons. The predicted molar refractivity (Wildman–Crippen MR) is 79.6 cm³/mol. The molecule has 0 saturated carbocycles. The van der Waals surface area contributed by atoms with E-state index in [2.05, 4.69) is 11.8 Å². The molecule has 3 nitrogen and oxygen atoms in total. The highest BCUT2D eigenvalue weighted by molar-refractivity contribution is 5.59. The van der Waals surface area contributed by atoms with Crippen molar-refractivity contribution in [2.24, 2.45) is 0 Å². The molecule has 0 N–H and O–H groups in total. The molecular weight excluding hydrogens is 250 g/mol. The highest BCUT2D eigenvalue weighted by Crippen LogP contribution is 2.10. The van der Waals surface area contributed by atoms with Crippen molar-refractivity contribution in [3.63, 3.8) is 0 Å². The van der Waals surface area contributed by atoms with E-state index < -0.39 is 4.92 Å². The maximum atomic E-state index is 10.4. The average molecular weight is 263 g/mol. The zero-order valence-corrected chi connectivity index (χ0v) is 11.0. The molecule has 0 atom stereocenters. The van der Waals surface area contributed by atoms with E-state index >= 15 is 0 Å². The topological polar surface area (TPSA) is 43.1 Å². The molecule has 0 bridgehead atoms. The number of hydrogen-bond donors (Lipinski definition) is 0. The minimum absolute atomic E-state index is 0.481. The highest BCUT2D eigenvalue weighted by Gasteiger charge is 1.97. The first-order valence-electron chi connectivity index (χ1n) is 6.14. The normalized spacial score (nSPS) is 10.1. The third-order valence-corrected chi connectivity index (χ3v) is 2.70. The maximum Gasteiger partial charge on any atom is 0.235 e. The summed E-state index contributed by atoms with van der Waals surface area (Å²) in [7, 11) is 0. The molecular formula is C17H13NO2. The van der Waals surface area contributed by atoms with Gasteiger partial charge in [0, 0.05) is 17.2 Å². The van der Waals surface area contributed by atoms with Crippen molar-refractivity contribution in [1.29, 1.82) is 0 Å². The summed E-state index contributed by atoms with van der Waals surface area (Å²) in [6, 6.07) is 15.3. The van der Waals surface area contributed by atoms with Crippen LogP contribution in [-0.4, -0.2) is 4.92 Å². The molecule has 0 aliphatic rings. The number of nitrogens with zero attached hydrogens (tertiary/aromatic N) is 1. The van der Waals surface area contributed by atoms with Crippen molar-refractivity contribution < 1.29 is 4.92 Å². The van der Waals surface area contributed by atoms with Gasteiger partial charge < -0.3 is 0 Å². The molecule has 0 amide bonds. The monoisotopic (exact) mass is 263 g/mol. The lowest BCUT2D eigenvalue weighted by molar-refractivity contribution is -0.400. The second-order valence-electron chi connectivity index (χ2n) is 4.31. The Labute approximate surface area is 117 Å². The van der Waals surface area contributed by atoms with Crippen LogP contribution in [0.4, 0.5) is 0 Å². The third kappa shape index (κ3) is 3.82. The summed E-state index contributed by atoms with van der Waals surface area (Å²) in [5, 5.41) is 10.4. The Morgan fingerprint density at radius 3 is 2.65 bits per heavy atom. The summed E-state index contributed by atoms with van der Waals surface area (Å²) in [6.07, 6.45) is 2.38. The Morgan fingerprint density at radius 1 is 1.10 bits per heavy atom. The van der Waals surface area contributed by atoms with E-state index in [1.807, 2.05) is 49.4 Å². The molecule has 3 heteroatoms. The Balaban J connectivity index is 2.33. The van der Waals surface area contributed by atoms with Gasteiger partial charge in [0.15, 0.2) is 0 Å². The lowest BCUT2D eigenvalue weighted by atomic mass is 10.1. The van der Waals surface area contributed by atoms with Crippen LogP contribution in [0.2, 0.25) is 0 Å². The minimum Gasteiger partial charge on any atom is -0.259 e. The first-order chi connectivity index (χ1) is 9.65. The van der Waals surface area contributed by atoms with E-state index in [9.17, 15) is 10.1 Å². The number of rotatable bonds is 2. The summed E-state index contributed by atoms with van der Waals surface area (Å²) in [5.41, 5.74) is 3.59. The van der Waals surface area contributed by atoms with Crippen LogP contribution in [0.1, 0.15) is 22.3 Å². The standard InChI is InChI=1S/C17H13NO2/c1-14-5-4-6-15(13-14)9-10-16-7-2-3-8-17(16)11-12-18(19)20/h2-8,11-13H,1H3/b12-11+. The van der Waals surface area contributed by atoms with E-state index in [4.69, 9.17) is 0 Å². The first kappa shape index (κ1) is 13.6. The van der Waals surface area contributed by atoms with Gasteiger partial charge in [-0.2, -0.15) is 0 Å². The molecule has 0 heterocycles.